The zero-order valence-corrected chi connectivity index (χ0v) is 18.8. The molecule has 0 aliphatic carbocycles. The summed E-state index contributed by atoms with van der Waals surface area (Å²) < 4.78 is 45.8. The van der Waals surface area contributed by atoms with E-state index in [0.717, 1.165) is 12.1 Å². The molecule has 0 saturated carbocycles. The molecule has 0 bridgehead atoms. The predicted octanol–water partition coefficient (Wildman–Crippen LogP) is 4.83. The van der Waals surface area contributed by atoms with Gasteiger partial charge in [0.25, 0.3) is 5.69 Å². The molecule has 0 atom stereocenters. The van der Waals surface area contributed by atoms with Crippen LogP contribution in [0.15, 0.2) is 42.5 Å². The Kier molecular flexibility index (Phi) is 5.84. The fraction of sp³-hybridized carbons (Fsp3) is 0.391. The van der Waals surface area contributed by atoms with Gasteiger partial charge in [0.05, 0.1) is 23.1 Å². The van der Waals surface area contributed by atoms with Crippen molar-refractivity contribution in [2.45, 2.75) is 38.6 Å². The molecule has 0 spiro atoms. The molecule has 8 nitrogen and oxygen atoms in total. The van der Waals surface area contributed by atoms with Crippen molar-refractivity contribution in [3.63, 3.8) is 0 Å². The third kappa shape index (κ3) is 4.74. The van der Waals surface area contributed by atoms with Gasteiger partial charge in [-0.15, -0.1) is 0 Å². The summed E-state index contributed by atoms with van der Waals surface area (Å²) in [6.45, 7) is 6.27. The van der Waals surface area contributed by atoms with E-state index in [-0.39, 0.29) is 24.2 Å². The number of para-hydroxylation sites is 1. The van der Waals surface area contributed by atoms with Gasteiger partial charge in [0.2, 0.25) is 0 Å². The molecule has 2 aromatic carbocycles. The minimum atomic E-state index is -4.47. The SMILES string of the molecule is CC(C)(C)OC(=O)CN1CC(n2nc(-c3ccc(C(F)(F)F)cc3)c3cccc([N+](=O)[O-])c32)C1. The maximum atomic E-state index is 13.0. The average molecular weight is 476 g/mol. The van der Waals surface area contributed by atoms with Crippen molar-refractivity contribution < 1.29 is 27.6 Å². The van der Waals surface area contributed by atoms with Crippen molar-refractivity contribution in [2.24, 2.45) is 0 Å². The van der Waals surface area contributed by atoms with Gasteiger partial charge < -0.3 is 4.74 Å². The van der Waals surface area contributed by atoms with E-state index in [9.17, 15) is 28.1 Å². The second kappa shape index (κ2) is 8.39. The van der Waals surface area contributed by atoms with Crippen LogP contribution < -0.4 is 0 Å². The molecule has 3 aromatic rings. The number of carbonyl (C=O) groups is 1. The minimum Gasteiger partial charge on any atom is -0.459 e. The number of hydrogen-bond donors (Lipinski definition) is 0. The fourth-order valence-corrected chi connectivity index (χ4v) is 4.00. The number of hydrogen-bond acceptors (Lipinski definition) is 6. The van der Waals surface area contributed by atoms with Crippen LogP contribution in [0.3, 0.4) is 0 Å². The molecule has 1 fully saturated rings. The summed E-state index contributed by atoms with van der Waals surface area (Å²) >= 11 is 0. The number of rotatable bonds is 5. The molecule has 0 radical (unpaired) electrons. The first-order valence-electron chi connectivity index (χ1n) is 10.6. The molecule has 1 saturated heterocycles. The van der Waals surface area contributed by atoms with Gasteiger partial charge >= 0.3 is 12.1 Å². The molecule has 11 heteroatoms. The van der Waals surface area contributed by atoms with E-state index < -0.39 is 22.3 Å². The number of halogens is 3. The van der Waals surface area contributed by atoms with Crippen molar-refractivity contribution in [2.75, 3.05) is 19.6 Å². The van der Waals surface area contributed by atoms with Gasteiger partial charge in [0.1, 0.15) is 16.8 Å². The monoisotopic (exact) mass is 476 g/mol. The summed E-state index contributed by atoms with van der Waals surface area (Å²) in [5.74, 6) is -0.368. The molecule has 4 rings (SSSR count). The van der Waals surface area contributed by atoms with E-state index in [1.807, 2.05) is 4.90 Å². The van der Waals surface area contributed by atoms with E-state index in [2.05, 4.69) is 5.10 Å². The Morgan fingerprint density at radius 1 is 1.15 bits per heavy atom. The molecular weight excluding hydrogens is 453 g/mol. The quantitative estimate of drug-likeness (QED) is 0.298. The van der Waals surface area contributed by atoms with Crippen molar-refractivity contribution >= 4 is 22.6 Å². The maximum Gasteiger partial charge on any atom is 0.416 e. The van der Waals surface area contributed by atoms with Crippen molar-refractivity contribution in [1.82, 2.24) is 14.7 Å². The van der Waals surface area contributed by atoms with Crippen LogP contribution >= 0.6 is 0 Å². The second-order valence-corrected chi connectivity index (χ2v) is 9.23. The number of ether oxygens (including phenoxy) is 1. The summed E-state index contributed by atoms with van der Waals surface area (Å²) in [6, 6.07) is 8.86. The number of esters is 1. The Morgan fingerprint density at radius 3 is 2.35 bits per heavy atom. The Hall–Kier alpha value is -3.47. The lowest BCUT2D eigenvalue weighted by atomic mass is 10.0. The van der Waals surface area contributed by atoms with Crippen LogP contribution in [0, 0.1) is 10.1 Å². The number of nitro groups is 1. The summed E-state index contributed by atoms with van der Waals surface area (Å²) in [5, 5.41) is 16.8. The van der Waals surface area contributed by atoms with Gasteiger partial charge in [-0.1, -0.05) is 24.3 Å². The van der Waals surface area contributed by atoms with E-state index in [0.29, 0.717) is 35.2 Å². The van der Waals surface area contributed by atoms with Crippen LogP contribution in [0.5, 0.6) is 0 Å². The molecule has 0 N–H and O–H groups in total. The van der Waals surface area contributed by atoms with Crippen LogP contribution in [0.25, 0.3) is 22.2 Å². The smallest absolute Gasteiger partial charge is 0.416 e. The van der Waals surface area contributed by atoms with Gasteiger partial charge in [-0.2, -0.15) is 18.3 Å². The number of fused-ring (bicyclic) bond motifs is 1. The summed E-state index contributed by atoms with van der Waals surface area (Å²) in [5.41, 5.74) is -0.461. The lowest BCUT2D eigenvalue weighted by Gasteiger charge is -2.39. The van der Waals surface area contributed by atoms with Gasteiger partial charge in [-0.3, -0.25) is 24.5 Å². The van der Waals surface area contributed by atoms with Gasteiger partial charge in [-0.25, -0.2) is 0 Å². The van der Waals surface area contributed by atoms with Gasteiger partial charge in [0, 0.05) is 30.1 Å². The topological polar surface area (TPSA) is 90.5 Å². The third-order valence-electron chi connectivity index (χ3n) is 5.45. The van der Waals surface area contributed by atoms with Crippen LogP contribution in [-0.4, -0.2) is 50.8 Å². The third-order valence-corrected chi connectivity index (χ3v) is 5.45. The number of carbonyl (C=O) groups excluding carboxylic acids is 1. The number of non-ortho nitro benzene ring substituents is 1. The summed E-state index contributed by atoms with van der Waals surface area (Å²) in [7, 11) is 0. The van der Waals surface area contributed by atoms with Gasteiger partial charge in [0.15, 0.2) is 0 Å². The number of benzene rings is 2. The molecule has 0 unspecified atom stereocenters. The van der Waals surface area contributed by atoms with E-state index in [4.69, 9.17) is 4.74 Å². The normalized spacial score (nSPS) is 15.4. The lowest BCUT2D eigenvalue weighted by molar-refractivity contribution is -0.383. The first kappa shape index (κ1) is 23.7. The number of likely N-dealkylation sites (tertiary alicyclic amines) is 1. The molecular formula is C23H23F3N4O4. The zero-order valence-electron chi connectivity index (χ0n) is 18.8. The van der Waals surface area contributed by atoms with Crippen molar-refractivity contribution in [3.8, 4) is 11.3 Å². The number of nitrogens with zero attached hydrogens (tertiary/aromatic N) is 4. The Balaban J connectivity index is 1.66. The second-order valence-electron chi connectivity index (χ2n) is 9.23. The van der Waals surface area contributed by atoms with Gasteiger partial charge in [-0.05, 0) is 32.9 Å². The maximum absolute atomic E-state index is 13.0. The fourth-order valence-electron chi connectivity index (χ4n) is 4.00. The highest BCUT2D eigenvalue weighted by Crippen LogP contribution is 2.38. The molecule has 180 valence electrons. The van der Waals surface area contributed by atoms with E-state index >= 15 is 0 Å². The molecule has 0 amide bonds. The summed E-state index contributed by atoms with van der Waals surface area (Å²) in [4.78, 5) is 25.1. The predicted molar refractivity (Wildman–Crippen MR) is 118 cm³/mol. The first-order valence-corrected chi connectivity index (χ1v) is 10.6. The van der Waals surface area contributed by atoms with E-state index in [1.165, 1.54) is 24.3 Å². The van der Waals surface area contributed by atoms with Crippen LogP contribution in [0.2, 0.25) is 0 Å². The molecule has 1 aliphatic heterocycles. The summed E-state index contributed by atoms with van der Waals surface area (Å²) in [6.07, 6.45) is -4.47. The number of aromatic nitrogens is 2. The number of alkyl halides is 3. The zero-order chi connectivity index (χ0) is 24.8. The Labute approximate surface area is 193 Å². The standard InChI is InChI=1S/C23H23F3N4O4/c1-22(2,3)34-19(31)13-28-11-16(12-28)29-21-17(5-4-6-18(21)30(32)33)20(27-29)14-7-9-15(10-8-14)23(24,25)26/h4-10,16H,11-13H2,1-3H3. The Morgan fingerprint density at radius 2 is 1.79 bits per heavy atom. The van der Waals surface area contributed by atoms with Crippen LogP contribution in [0.1, 0.15) is 32.4 Å². The lowest BCUT2D eigenvalue weighted by Crippen LogP contribution is -2.50. The first-order chi connectivity index (χ1) is 15.8. The van der Waals surface area contributed by atoms with E-state index in [1.54, 1.807) is 31.5 Å². The highest BCUT2D eigenvalue weighted by molar-refractivity contribution is 5.98. The minimum absolute atomic E-state index is 0.0842. The van der Waals surface area contributed by atoms with Crippen LogP contribution in [-0.2, 0) is 15.7 Å². The molecule has 1 aromatic heterocycles. The molecule has 1 aliphatic rings. The van der Waals surface area contributed by atoms with Crippen LogP contribution in [0.4, 0.5) is 18.9 Å². The number of nitro benzene ring substituents is 1. The molecule has 2 heterocycles. The Bertz CT molecular complexity index is 1240. The van der Waals surface area contributed by atoms with Crippen molar-refractivity contribution in [1.29, 1.82) is 0 Å². The largest absolute Gasteiger partial charge is 0.459 e. The molecule has 34 heavy (non-hydrogen) atoms. The highest BCUT2D eigenvalue weighted by atomic mass is 19.4. The average Bonchev–Trinajstić information content (AvgIpc) is 3.07. The highest BCUT2D eigenvalue weighted by Gasteiger charge is 2.35. The van der Waals surface area contributed by atoms with Crippen molar-refractivity contribution in [3.05, 3.63) is 58.1 Å².